The van der Waals surface area contributed by atoms with E-state index in [1.807, 2.05) is 18.2 Å². The zero-order chi connectivity index (χ0) is 11.1. The summed E-state index contributed by atoms with van der Waals surface area (Å²) in [6.07, 6.45) is 2.25. The molecule has 77 valence electrons. The number of nitrogens with zero attached hydrogens (tertiary/aromatic N) is 2. The Kier molecular flexibility index (Phi) is 4.22. The molecule has 0 saturated carbocycles. The minimum absolute atomic E-state index is 0.411. The molecule has 4 heteroatoms. The standard InChI is InChI=1S/C11H12N3O/c1-9(2)14-12-8-11(15)13-10-6-4-3-5-7-10/h3-7H,1-2H3,(H,13,15). The first-order valence-electron chi connectivity index (χ1n) is 4.51. The molecule has 1 radical (unpaired) electrons. The summed E-state index contributed by atoms with van der Waals surface area (Å²) in [5.74, 6) is -0.411. The van der Waals surface area contributed by atoms with Crippen molar-refractivity contribution in [3.05, 3.63) is 30.3 Å². The average molecular weight is 202 g/mol. The third-order valence-electron chi connectivity index (χ3n) is 1.43. The van der Waals surface area contributed by atoms with Crippen LogP contribution in [-0.4, -0.2) is 17.8 Å². The molecule has 15 heavy (non-hydrogen) atoms. The second-order valence-corrected chi connectivity index (χ2v) is 3.08. The number of hydrogen-bond acceptors (Lipinski definition) is 3. The van der Waals surface area contributed by atoms with Gasteiger partial charge in [0.2, 0.25) is 0 Å². The highest BCUT2D eigenvalue weighted by atomic mass is 16.1. The molecule has 0 saturated heterocycles. The van der Waals surface area contributed by atoms with Crippen LogP contribution in [0, 0.1) is 0 Å². The Morgan fingerprint density at radius 2 is 1.93 bits per heavy atom. The molecule has 0 fully saturated rings. The second-order valence-electron chi connectivity index (χ2n) is 3.08. The van der Waals surface area contributed by atoms with Gasteiger partial charge in [-0.15, -0.1) is 5.10 Å². The highest BCUT2D eigenvalue weighted by molar-refractivity contribution is 6.31. The Bertz CT molecular complexity index is 378. The van der Waals surface area contributed by atoms with Gasteiger partial charge in [0, 0.05) is 11.4 Å². The van der Waals surface area contributed by atoms with Crippen LogP contribution in [0.1, 0.15) is 13.8 Å². The summed E-state index contributed by atoms with van der Waals surface area (Å²) in [4.78, 5) is 11.2. The van der Waals surface area contributed by atoms with E-state index in [1.165, 1.54) is 0 Å². The molecule has 0 heterocycles. The smallest absolute Gasteiger partial charge is 0.278 e. The third kappa shape index (κ3) is 4.71. The molecule has 0 atom stereocenters. The van der Waals surface area contributed by atoms with Crippen molar-refractivity contribution in [3.63, 3.8) is 0 Å². The Labute approximate surface area is 88.7 Å². The van der Waals surface area contributed by atoms with Gasteiger partial charge >= 0.3 is 0 Å². The van der Waals surface area contributed by atoms with Crippen molar-refractivity contribution in [2.75, 3.05) is 5.32 Å². The van der Waals surface area contributed by atoms with Crippen LogP contribution in [0.5, 0.6) is 0 Å². The number of carbonyl (C=O) groups excluding carboxylic acids is 1. The lowest BCUT2D eigenvalue weighted by atomic mass is 10.3. The maximum absolute atomic E-state index is 11.2. The second kappa shape index (κ2) is 5.70. The van der Waals surface area contributed by atoms with Gasteiger partial charge in [0.25, 0.3) is 5.91 Å². The predicted molar refractivity (Wildman–Crippen MR) is 61.3 cm³/mol. The maximum Gasteiger partial charge on any atom is 0.278 e. The normalized spacial score (nSPS) is 10.0. The topological polar surface area (TPSA) is 53.8 Å². The minimum atomic E-state index is -0.411. The van der Waals surface area contributed by atoms with Crippen LogP contribution in [0.4, 0.5) is 5.69 Å². The zero-order valence-corrected chi connectivity index (χ0v) is 8.69. The number of hydrogen-bond donors (Lipinski definition) is 1. The van der Waals surface area contributed by atoms with Crippen molar-refractivity contribution < 1.29 is 4.79 Å². The van der Waals surface area contributed by atoms with E-state index in [0.717, 1.165) is 5.71 Å². The van der Waals surface area contributed by atoms with Crippen molar-refractivity contribution in [3.8, 4) is 0 Å². The van der Waals surface area contributed by atoms with Gasteiger partial charge in [0.05, 0.1) is 0 Å². The summed E-state index contributed by atoms with van der Waals surface area (Å²) in [6.45, 7) is 3.58. The van der Waals surface area contributed by atoms with Crippen LogP contribution in [0.25, 0.3) is 0 Å². The molecular formula is C11H12N3O. The number of nitrogens with one attached hydrogen (secondary N) is 1. The summed E-state index contributed by atoms with van der Waals surface area (Å²) < 4.78 is 0. The fourth-order valence-corrected chi connectivity index (χ4v) is 0.851. The highest BCUT2D eigenvalue weighted by Crippen LogP contribution is 2.03. The molecule has 1 aromatic carbocycles. The molecule has 0 unspecified atom stereocenters. The lowest BCUT2D eigenvalue weighted by Gasteiger charge is -1.98. The van der Waals surface area contributed by atoms with Crippen molar-refractivity contribution in [1.29, 1.82) is 0 Å². The van der Waals surface area contributed by atoms with E-state index in [0.29, 0.717) is 5.69 Å². The number of para-hydroxylation sites is 1. The van der Waals surface area contributed by atoms with Crippen LogP contribution in [-0.2, 0) is 4.79 Å². The Balaban J connectivity index is 2.51. The maximum atomic E-state index is 11.2. The highest BCUT2D eigenvalue weighted by Gasteiger charge is 1.97. The quantitative estimate of drug-likeness (QED) is 0.591. The lowest BCUT2D eigenvalue weighted by molar-refractivity contribution is -0.110. The van der Waals surface area contributed by atoms with E-state index in [2.05, 4.69) is 21.7 Å². The largest absolute Gasteiger partial charge is 0.321 e. The monoisotopic (exact) mass is 202 g/mol. The summed E-state index contributed by atoms with van der Waals surface area (Å²) in [5.41, 5.74) is 1.48. The van der Waals surface area contributed by atoms with Crippen molar-refractivity contribution in [2.24, 2.45) is 10.2 Å². The van der Waals surface area contributed by atoms with Gasteiger partial charge in [-0.1, -0.05) is 18.2 Å². The predicted octanol–water partition coefficient (Wildman–Crippen LogP) is 1.97. The van der Waals surface area contributed by atoms with Gasteiger partial charge in [0.1, 0.15) is 0 Å². The first kappa shape index (κ1) is 11.1. The van der Waals surface area contributed by atoms with Gasteiger partial charge in [0.15, 0.2) is 6.21 Å². The van der Waals surface area contributed by atoms with E-state index in [-0.39, 0.29) is 0 Å². The molecule has 0 bridgehead atoms. The Morgan fingerprint density at radius 3 is 2.53 bits per heavy atom. The number of carbonyl (C=O) groups is 1. The first-order valence-corrected chi connectivity index (χ1v) is 4.51. The lowest BCUT2D eigenvalue weighted by Crippen LogP contribution is -2.12. The van der Waals surface area contributed by atoms with E-state index in [1.54, 1.807) is 26.0 Å². The zero-order valence-electron chi connectivity index (χ0n) is 8.69. The van der Waals surface area contributed by atoms with Crippen molar-refractivity contribution in [1.82, 2.24) is 0 Å². The minimum Gasteiger partial charge on any atom is -0.321 e. The van der Waals surface area contributed by atoms with Crippen LogP contribution < -0.4 is 5.32 Å². The SMILES string of the molecule is CC(C)=NN=[C]C(=O)Nc1ccccc1. The molecule has 0 aliphatic heterocycles. The van der Waals surface area contributed by atoms with Crippen molar-refractivity contribution >= 4 is 23.5 Å². The van der Waals surface area contributed by atoms with Crippen LogP contribution in [0.15, 0.2) is 40.5 Å². The molecule has 4 nitrogen and oxygen atoms in total. The Morgan fingerprint density at radius 1 is 1.27 bits per heavy atom. The summed E-state index contributed by atoms with van der Waals surface area (Å²) >= 11 is 0. The number of anilines is 1. The van der Waals surface area contributed by atoms with Gasteiger partial charge in [-0.25, -0.2) is 0 Å². The van der Waals surface area contributed by atoms with Crippen LogP contribution >= 0.6 is 0 Å². The van der Waals surface area contributed by atoms with Crippen LogP contribution in [0.3, 0.4) is 0 Å². The number of amides is 1. The molecule has 0 aromatic heterocycles. The third-order valence-corrected chi connectivity index (χ3v) is 1.43. The Hall–Kier alpha value is -1.97. The summed E-state index contributed by atoms with van der Waals surface area (Å²) in [5, 5.41) is 9.77. The number of rotatable bonds is 3. The molecule has 1 N–H and O–H groups in total. The van der Waals surface area contributed by atoms with E-state index >= 15 is 0 Å². The molecule has 1 rings (SSSR count). The van der Waals surface area contributed by atoms with Crippen molar-refractivity contribution in [2.45, 2.75) is 13.8 Å². The van der Waals surface area contributed by atoms with E-state index in [4.69, 9.17) is 0 Å². The van der Waals surface area contributed by atoms with Crippen LogP contribution in [0.2, 0.25) is 0 Å². The fourth-order valence-electron chi connectivity index (χ4n) is 0.851. The molecular weight excluding hydrogens is 190 g/mol. The molecule has 1 aromatic rings. The molecule has 0 aliphatic carbocycles. The van der Waals surface area contributed by atoms with Gasteiger partial charge in [-0.3, -0.25) is 4.79 Å². The fraction of sp³-hybridized carbons (Fsp3) is 0.182. The van der Waals surface area contributed by atoms with E-state index in [9.17, 15) is 4.79 Å². The summed E-state index contributed by atoms with van der Waals surface area (Å²) in [7, 11) is 0. The number of benzene rings is 1. The molecule has 1 amide bonds. The van der Waals surface area contributed by atoms with Gasteiger partial charge < -0.3 is 5.32 Å². The van der Waals surface area contributed by atoms with Gasteiger partial charge in [-0.05, 0) is 26.0 Å². The summed E-state index contributed by atoms with van der Waals surface area (Å²) in [6, 6.07) is 9.11. The first-order chi connectivity index (χ1) is 7.18. The van der Waals surface area contributed by atoms with E-state index < -0.39 is 5.91 Å². The van der Waals surface area contributed by atoms with Gasteiger partial charge in [-0.2, -0.15) is 5.10 Å². The molecule has 0 aliphatic rings. The average Bonchev–Trinajstić information content (AvgIpc) is 2.18. The molecule has 0 spiro atoms.